The lowest BCUT2D eigenvalue weighted by Crippen LogP contribution is -2.51. The number of fused-ring (bicyclic) bond motifs is 1. The first kappa shape index (κ1) is 26.8. The Bertz CT molecular complexity index is 1280. The van der Waals surface area contributed by atoms with Crippen LogP contribution in [0.2, 0.25) is 0 Å². The first-order valence-electron chi connectivity index (χ1n) is 12.7. The number of carboxylic acids is 1. The third-order valence-electron chi connectivity index (χ3n) is 7.24. The van der Waals surface area contributed by atoms with Crippen LogP contribution in [0.15, 0.2) is 17.1 Å². The molecule has 1 aliphatic carbocycles. The second-order valence-corrected chi connectivity index (χ2v) is 11.1. The molecule has 4 rings (SSSR count). The van der Waals surface area contributed by atoms with E-state index in [2.05, 4.69) is 0 Å². The van der Waals surface area contributed by atoms with Crippen molar-refractivity contribution >= 4 is 28.7 Å². The van der Waals surface area contributed by atoms with Gasteiger partial charge in [0, 0.05) is 38.4 Å². The number of likely N-dealkylation sites (tertiary alicyclic amines) is 1. The Kier molecular flexibility index (Phi) is 7.14. The van der Waals surface area contributed by atoms with Gasteiger partial charge < -0.3 is 28.9 Å². The van der Waals surface area contributed by atoms with Crippen molar-refractivity contribution < 1.29 is 28.6 Å². The highest BCUT2D eigenvalue weighted by Gasteiger charge is 2.36. The molecule has 1 aromatic heterocycles. The Morgan fingerprint density at radius 2 is 1.92 bits per heavy atom. The minimum Gasteiger partial charge on any atom is -0.492 e. The Balaban J connectivity index is 1.71. The maximum atomic E-state index is 15.6. The Morgan fingerprint density at radius 3 is 2.49 bits per heavy atom. The lowest BCUT2D eigenvalue weighted by molar-refractivity contribution is 0.00374. The lowest BCUT2D eigenvalue weighted by Gasteiger charge is -2.41. The van der Waals surface area contributed by atoms with Crippen molar-refractivity contribution in [3.05, 3.63) is 33.9 Å². The molecule has 1 aromatic carbocycles. The molecule has 0 spiro atoms. The maximum absolute atomic E-state index is 15.6. The van der Waals surface area contributed by atoms with E-state index in [0.29, 0.717) is 18.6 Å². The number of nitrogens with zero attached hydrogens (tertiary/aromatic N) is 3. The molecule has 0 radical (unpaired) electrons. The summed E-state index contributed by atoms with van der Waals surface area (Å²) in [5.41, 5.74) is -1.12. The number of benzene rings is 1. The molecule has 2 heterocycles. The molecule has 37 heavy (non-hydrogen) atoms. The molecule has 2 unspecified atom stereocenters. The van der Waals surface area contributed by atoms with E-state index in [1.165, 1.54) is 13.3 Å². The zero-order valence-electron chi connectivity index (χ0n) is 22.3. The van der Waals surface area contributed by atoms with Crippen molar-refractivity contribution in [3.8, 4) is 5.75 Å². The van der Waals surface area contributed by atoms with Crippen molar-refractivity contribution in [2.75, 3.05) is 32.1 Å². The topological polar surface area (TPSA) is 101 Å². The molecule has 1 saturated heterocycles. The van der Waals surface area contributed by atoms with Gasteiger partial charge in [0.15, 0.2) is 11.6 Å². The summed E-state index contributed by atoms with van der Waals surface area (Å²) >= 11 is 0. The van der Waals surface area contributed by atoms with Crippen LogP contribution in [0.1, 0.15) is 69.8 Å². The van der Waals surface area contributed by atoms with Crippen LogP contribution in [0, 0.1) is 11.7 Å². The number of aromatic nitrogens is 1. The van der Waals surface area contributed by atoms with E-state index in [-0.39, 0.29) is 46.5 Å². The minimum absolute atomic E-state index is 0.0135. The fourth-order valence-corrected chi connectivity index (χ4v) is 5.27. The number of hydrogen-bond donors (Lipinski definition) is 1. The summed E-state index contributed by atoms with van der Waals surface area (Å²) in [6.07, 6.45) is 4.32. The molecule has 2 aliphatic rings. The van der Waals surface area contributed by atoms with Crippen LogP contribution < -0.4 is 15.1 Å². The fourth-order valence-electron chi connectivity index (χ4n) is 5.27. The molecule has 1 saturated carbocycles. The van der Waals surface area contributed by atoms with Gasteiger partial charge in [-0.05, 0) is 65.4 Å². The van der Waals surface area contributed by atoms with Gasteiger partial charge >= 0.3 is 12.1 Å². The summed E-state index contributed by atoms with van der Waals surface area (Å²) in [4.78, 5) is 40.9. The number of halogens is 1. The average Bonchev–Trinajstić information content (AvgIpc) is 3.64. The zero-order valence-corrected chi connectivity index (χ0v) is 22.3. The van der Waals surface area contributed by atoms with Crippen LogP contribution in [-0.4, -0.2) is 65.5 Å². The predicted molar refractivity (Wildman–Crippen MR) is 138 cm³/mol. The Labute approximate surface area is 215 Å². The monoisotopic (exact) mass is 517 g/mol. The van der Waals surface area contributed by atoms with Crippen LogP contribution in [0.5, 0.6) is 5.75 Å². The third-order valence-corrected chi connectivity index (χ3v) is 7.24. The molecule has 202 valence electrons. The van der Waals surface area contributed by atoms with Crippen LogP contribution >= 0.6 is 0 Å². The second-order valence-electron chi connectivity index (χ2n) is 11.1. The van der Waals surface area contributed by atoms with E-state index in [0.717, 1.165) is 31.7 Å². The molecular formula is C27H36FN3O6. The number of carbonyl (C=O) groups excluding carboxylic acids is 1. The fraction of sp³-hybridized carbons (Fsp3) is 0.593. The molecule has 10 heteroatoms. The normalized spacial score (nSPS) is 20.1. The Hall–Kier alpha value is -3.30. The highest BCUT2D eigenvalue weighted by atomic mass is 19.1. The van der Waals surface area contributed by atoms with Crippen LogP contribution in [0.4, 0.5) is 14.9 Å². The lowest BCUT2D eigenvalue weighted by atomic mass is 9.90. The van der Waals surface area contributed by atoms with Crippen LogP contribution in [0.3, 0.4) is 0 Å². The predicted octanol–water partition coefficient (Wildman–Crippen LogP) is 4.65. The number of rotatable bonds is 6. The van der Waals surface area contributed by atoms with E-state index >= 15 is 4.39 Å². The first-order chi connectivity index (χ1) is 17.3. The van der Waals surface area contributed by atoms with Gasteiger partial charge in [0.1, 0.15) is 16.9 Å². The summed E-state index contributed by atoms with van der Waals surface area (Å²) in [6.45, 7) is 8.53. The van der Waals surface area contributed by atoms with E-state index in [9.17, 15) is 19.5 Å². The summed E-state index contributed by atoms with van der Waals surface area (Å²) in [7, 11) is 3.18. The number of carbonyl (C=O) groups is 2. The van der Waals surface area contributed by atoms with Gasteiger partial charge in [0.2, 0.25) is 5.43 Å². The quantitative estimate of drug-likeness (QED) is 0.595. The number of pyridine rings is 1. The molecule has 2 aromatic rings. The zero-order chi connectivity index (χ0) is 27.2. The number of ether oxygens (including phenoxy) is 2. The summed E-state index contributed by atoms with van der Waals surface area (Å²) < 4.78 is 28.6. The molecule has 2 fully saturated rings. The van der Waals surface area contributed by atoms with Gasteiger partial charge in [-0.2, -0.15) is 0 Å². The van der Waals surface area contributed by atoms with Crippen LogP contribution in [-0.2, 0) is 4.74 Å². The molecule has 1 aliphatic heterocycles. The molecular weight excluding hydrogens is 481 g/mol. The largest absolute Gasteiger partial charge is 0.492 e. The molecule has 2 atom stereocenters. The summed E-state index contributed by atoms with van der Waals surface area (Å²) in [6, 6.07) is 1.03. The van der Waals surface area contributed by atoms with Gasteiger partial charge in [-0.1, -0.05) is 0 Å². The van der Waals surface area contributed by atoms with Crippen molar-refractivity contribution in [1.29, 1.82) is 0 Å². The highest BCUT2D eigenvalue weighted by Crippen LogP contribution is 2.43. The summed E-state index contributed by atoms with van der Waals surface area (Å²) in [5.74, 6) is -1.76. The number of amides is 1. The number of piperidine rings is 1. The van der Waals surface area contributed by atoms with E-state index in [1.807, 2.05) is 27.7 Å². The maximum Gasteiger partial charge on any atom is 0.410 e. The Morgan fingerprint density at radius 1 is 1.24 bits per heavy atom. The van der Waals surface area contributed by atoms with E-state index < -0.39 is 22.8 Å². The number of carboxylic acid groups (broad SMARTS) is 1. The van der Waals surface area contributed by atoms with Gasteiger partial charge in [0.25, 0.3) is 0 Å². The SMILES string of the molecule is COc1c(N(C)CC2CCCN(C(=O)OC(C)(C)C)C2C)c(F)cc2c(=O)c(C(=O)O)cn(C3CC3)c12. The van der Waals surface area contributed by atoms with Crippen molar-refractivity contribution in [1.82, 2.24) is 9.47 Å². The molecule has 1 N–H and O–H groups in total. The number of aromatic carboxylic acids is 1. The number of anilines is 1. The van der Waals surface area contributed by atoms with Gasteiger partial charge in [-0.15, -0.1) is 0 Å². The van der Waals surface area contributed by atoms with Crippen molar-refractivity contribution in [2.45, 2.75) is 71.1 Å². The van der Waals surface area contributed by atoms with Crippen LogP contribution in [0.25, 0.3) is 10.9 Å². The average molecular weight is 518 g/mol. The molecule has 9 nitrogen and oxygen atoms in total. The van der Waals surface area contributed by atoms with E-state index in [4.69, 9.17) is 9.47 Å². The second kappa shape index (κ2) is 9.87. The van der Waals surface area contributed by atoms with Gasteiger partial charge in [-0.3, -0.25) is 4.79 Å². The standard InChI is InChI=1S/C27H36FN3O6/c1-15-16(8-7-11-30(15)26(35)37-27(2,3)4)13-29(5)22-20(28)12-18-21(24(22)36-6)31(17-9-10-17)14-19(23(18)32)25(33)34/h12,14-17H,7-11,13H2,1-6H3,(H,33,34). The smallest absolute Gasteiger partial charge is 0.410 e. The number of hydrogen-bond acceptors (Lipinski definition) is 6. The summed E-state index contributed by atoms with van der Waals surface area (Å²) in [5, 5.41) is 9.52. The number of methoxy groups -OCH3 is 1. The third kappa shape index (κ3) is 5.24. The van der Waals surface area contributed by atoms with Crippen molar-refractivity contribution in [3.63, 3.8) is 0 Å². The van der Waals surface area contributed by atoms with Gasteiger partial charge in [-0.25, -0.2) is 14.0 Å². The molecule has 1 amide bonds. The van der Waals surface area contributed by atoms with Gasteiger partial charge in [0.05, 0.1) is 18.0 Å². The van der Waals surface area contributed by atoms with Crippen molar-refractivity contribution in [2.24, 2.45) is 5.92 Å². The highest BCUT2D eigenvalue weighted by molar-refractivity contribution is 5.97. The minimum atomic E-state index is -1.34. The van der Waals surface area contributed by atoms with E-state index in [1.54, 1.807) is 21.4 Å². The molecule has 0 bridgehead atoms. The first-order valence-corrected chi connectivity index (χ1v) is 12.7.